The molecular formula is C96H146N8O2S. The summed E-state index contributed by atoms with van der Waals surface area (Å²) < 4.78 is 10.7. The molecule has 1 N–H and O–H groups in total. The normalized spacial score (nSPS) is 13.2. The van der Waals surface area contributed by atoms with E-state index in [1.54, 1.807) is 31.1 Å². The molecule has 1 aliphatic heterocycles. The maximum atomic E-state index is 5.52. The van der Waals surface area contributed by atoms with Gasteiger partial charge in [0.25, 0.3) is 0 Å². The SMILES string of the molecule is CC(C)(C)C1CCCO1.CC(C)(C)c1ccccn1.CC(C)(C)c1cccnc1.CC(C)(C)c1ccco1.CC(C)(C)c1cccs1.CC(C)(C)c1ccncc1.CC(C)(C)c1cnccn1.CC(C)(C)c1nc2ccccc2[nH]1.Cc1c(C)c(C)c(C(C)(C)C)c(C)c1C.Cc1cc(C(C)(C)C)cnc1C. The van der Waals surface area contributed by atoms with Gasteiger partial charge in [-0.15, -0.1) is 11.3 Å². The second-order valence-electron chi connectivity index (χ2n) is 38.6. The zero-order valence-corrected chi connectivity index (χ0v) is 75.0. The molecule has 9 heterocycles. The van der Waals surface area contributed by atoms with E-state index in [4.69, 9.17) is 9.15 Å². The topological polar surface area (TPSA) is 128 Å². The molecule has 11 rings (SSSR count). The van der Waals surface area contributed by atoms with Gasteiger partial charge in [-0.05, 0) is 215 Å². The second-order valence-corrected chi connectivity index (χ2v) is 39.5. The molecule has 10 nitrogen and oxygen atoms in total. The molecule has 0 aliphatic carbocycles. The average molecular weight is 1480 g/mol. The molecule has 0 spiro atoms. The third kappa shape index (κ3) is 35.2. The lowest BCUT2D eigenvalue weighted by Crippen LogP contribution is -2.24. The Kier molecular flexibility index (Phi) is 37.0. The van der Waals surface area contributed by atoms with Gasteiger partial charge in [-0.3, -0.25) is 29.9 Å². The van der Waals surface area contributed by atoms with Gasteiger partial charge in [0.2, 0.25) is 0 Å². The van der Waals surface area contributed by atoms with Crippen LogP contribution in [0.5, 0.6) is 0 Å². The number of pyridine rings is 4. The minimum atomic E-state index is 0.0962. The van der Waals surface area contributed by atoms with Crippen molar-refractivity contribution in [2.45, 2.75) is 324 Å². The first-order chi connectivity index (χ1) is 48.9. The highest BCUT2D eigenvalue weighted by atomic mass is 32.1. The largest absolute Gasteiger partial charge is 0.469 e. The van der Waals surface area contributed by atoms with Crippen LogP contribution in [0.4, 0.5) is 0 Å². The van der Waals surface area contributed by atoms with Crippen molar-refractivity contribution in [3.05, 3.63) is 254 Å². The molecule has 588 valence electrons. The Morgan fingerprint density at radius 3 is 1.27 bits per heavy atom. The van der Waals surface area contributed by atoms with Crippen LogP contribution in [0.15, 0.2) is 169 Å². The number of benzene rings is 2. The molecule has 8 aromatic heterocycles. The highest BCUT2D eigenvalue weighted by Gasteiger charge is 2.29. The molecule has 11 heteroatoms. The first-order valence-electron chi connectivity index (χ1n) is 38.5. The van der Waals surface area contributed by atoms with Crippen molar-refractivity contribution < 1.29 is 9.15 Å². The molecule has 107 heavy (non-hydrogen) atoms. The average Bonchev–Trinajstić information content (AvgIpc) is 1.78. The maximum Gasteiger partial charge on any atom is 0.112 e. The molecule has 1 atom stereocenters. The van der Waals surface area contributed by atoms with Gasteiger partial charge >= 0.3 is 0 Å². The van der Waals surface area contributed by atoms with E-state index in [0.29, 0.717) is 16.9 Å². The number of ether oxygens (including phenoxy) is 1. The Bertz CT molecular complexity index is 3760. The van der Waals surface area contributed by atoms with Crippen molar-refractivity contribution in [3.63, 3.8) is 0 Å². The van der Waals surface area contributed by atoms with Gasteiger partial charge in [-0.1, -0.05) is 244 Å². The van der Waals surface area contributed by atoms with Crippen molar-refractivity contribution in [1.29, 1.82) is 0 Å². The van der Waals surface area contributed by atoms with Gasteiger partial charge in [0, 0.05) is 100 Å². The predicted molar refractivity (Wildman–Crippen MR) is 464 cm³/mol. The number of aromatic amines is 1. The number of rotatable bonds is 0. The van der Waals surface area contributed by atoms with E-state index in [2.05, 4.69) is 343 Å². The Labute approximate surface area is 657 Å². The summed E-state index contributed by atoms with van der Waals surface area (Å²) in [4.78, 5) is 34.1. The molecule has 1 fully saturated rings. The molecular weight excluding hydrogens is 1330 g/mol. The van der Waals surface area contributed by atoms with Crippen LogP contribution in [0.3, 0.4) is 0 Å². The Hall–Kier alpha value is -7.47. The standard InChI is InChI=1S/C15H24.C11H14N2.C11H17N.3C9H13N.C8H12N2.C8H16O.C8H12O.C8H12S/c1-9-10(2)12(4)14(15(6,7)8)13(5)11(9)3;1-11(2,3)10-12-8-6-4-5-7-9(8)13-10;1-8-6-10(11(3,4)5)7-12-9(8)2;1-9(2,3)8-4-6-10-7-5-8;1-9(2,3)8-5-4-6-10-7-8;1-9(2,3)8-6-4-5-7-10-8;1-8(2,3)7-6-9-4-5-10-7;3*1-8(2,3)7-5-4-6-9-7/h1-8H3;4-7H,1-3H3,(H,12,13);6-7H,1-5H3;3*4-7H,1-3H3;4-6H,1-3H3;7H,4-6H2,1-3H3;2*4-6H,1-3H3. The minimum absolute atomic E-state index is 0.0962. The van der Waals surface area contributed by atoms with Crippen molar-refractivity contribution in [1.82, 2.24) is 39.9 Å². The fraction of sp³-hybridized carbons (Fsp3) is 0.531. The summed E-state index contributed by atoms with van der Waals surface area (Å²) in [6, 6.07) is 32.7. The van der Waals surface area contributed by atoms with Gasteiger partial charge < -0.3 is 14.1 Å². The number of nitrogens with one attached hydrogen (secondary N) is 1. The molecule has 0 saturated carbocycles. The van der Waals surface area contributed by atoms with Crippen LogP contribution in [0.1, 0.15) is 310 Å². The lowest BCUT2D eigenvalue weighted by molar-refractivity contribution is 0.0290. The number of fused-ring (bicyclic) bond motifs is 1. The predicted octanol–water partition coefficient (Wildman–Crippen LogP) is 27.1. The summed E-state index contributed by atoms with van der Waals surface area (Å²) in [5.41, 5.74) is 21.7. The van der Waals surface area contributed by atoms with Crippen molar-refractivity contribution in [2.75, 3.05) is 6.61 Å². The Morgan fingerprint density at radius 1 is 0.402 bits per heavy atom. The van der Waals surface area contributed by atoms with Crippen LogP contribution in [0.2, 0.25) is 0 Å². The van der Waals surface area contributed by atoms with E-state index in [9.17, 15) is 0 Å². The molecule has 1 aliphatic rings. The first-order valence-corrected chi connectivity index (χ1v) is 39.4. The van der Waals surface area contributed by atoms with E-state index in [0.717, 1.165) is 46.3 Å². The van der Waals surface area contributed by atoms with Crippen LogP contribution >= 0.6 is 11.3 Å². The lowest BCUT2D eigenvalue weighted by Gasteiger charge is -2.28. The van der Waals surface area contributed by atoms with E-state index >= 15 is 0 Å². The van der Waals surface area contributed by atoms with E-state index in [-0.39, 0.29) is 43.3 Å². The van der Waals surface area contributed by atoms with Gasteiger partial charge in [0.1, 0.15) is 11.6 Å². The third-order valence-electron chi connectivity index (χ3n) is 18.3. The summed E-state index contributed by atoms with van der Waals surface area (Å²) in [6.45, 7) is 82.2. The fourth-order valence-corrected chi connectivity index (χ4v) is 11.6. The number of aromatic nitrogens is 8. The van der Waals surface area contributed by atoms with Crippen LogP contribution in [0, 0.1) is 53.9 Å². The summed E-state index contributed by atoms with van der Waals surface area (Å²) in [5, 5.41) is 2.13. The fourth-order valence-electron chi connectivity index (χ4n) is 10.8. The zero-order chi connectivity index (χ0) is 82.0. The van der Waals surface area contributed by atoms with Crippen LogP contribution < -0.4 is 0 Å². The summed E-state index contributed by atoms with van der Waals surface area (Å²) in [7, 11) is 0. The molecule has 1 saturated heterocycles. The number of aryl methyl sites for hydroxylation is 2. The van der Waals surface area contributed by atoms with Gasteiger partial charge in [0.05, 0.1) is 29.1 Å². The van der Waals surface area contributed by atoms with E-state index in [1.807, 2.05) is 97.8 Å². The van der Waals surface area contributed by atoms with Crippen LogP contribution in [0.25, 0.3) is 11.0 Å². The zero-order valence-electron chi connectivity index (χ0n) is 74.1. The maximum absolute atomic E-state index is 5.52. The minimum Gasteiger partial charge on any atom is -0.469 e. The molecule has 1 unspecified atom stereocenters. The highest BCUT2D eigenvalue weighted by molar-refractivity contribution is 7.10. The van der Waals surface area contributed by atoms with Gasteiger partial charge in [0.15, 0.2) is 0 Å². The third-order valence-corrected chi connectivity index (χ3v) is 19.6. The van der Waals surface area contributed by atoms with E-state index in [1.165, 1.54) is 73.4 Å². The lowest BCUT2D eigenvalue weighted by atomic mass is 9.77. The van der Waals surface area contributed by atoms with E-state index < -0.39 is 0 Å². The monoisotopic (exact) mass is 1480 g/mol. The number of hydrogen-bond acceptors (Lipinski definition) is 10. The number of para-hydroxylation sites is 2. The summed E-state index contributed by atoms with van der Waals surface area (Å²) >= 11 is 1.83. The summed E-state index contributed by atoms with van der Waals surface area (Å²) in [5.74, 6) is 2.09. The number of hydrogen-bond donors (Lipinski definition) is 1. The number of nitrogens with zero attached hydrogens (tertiary/aromatic N) is 7. The van der Waals surface area contributed by atoms with Gasteiger partial charge in [-0.25, -0.2) is 4.98 Å². The molecule has 2 aromatic carbocycles. The van der Waals surface area contributed by atoms with Gasteiger partial charge in [-0.2, -0.15) is 0 Å². The number of H-pyrrole nitrogens is 1. The van der Waals surface area contributed by atoms with Crippen LogP contribution in [-0.4, -0.2) is 52.6 Å². The number of imidazole rings is 1. The number of furan rings is 1. The molecule has 0 amide bonds. The quantitative estimate of drug-likeness (QED) is 0.158. The molecule has 0 radical (unpaired) electrons. The van der Waals surface area contributed by atoms with Crippen LogP contribution in [-0.2, 0) is 53.5 Å². The Morgan fingerprint density at radius 2 is 0.944 bits per heavy atom. The Balaban J connectivity index is 0.000000405. The van der Waals surface area contributed by atoms with Crippen molar-refractivity contribution in [2.24, 2.45) is 5.41 Å². The number of thiophene rings is 1. The van der Waals surface area contributed by atoms with Crippen molar-refractivity contribution in [3.8, 4) is 0 Å². The van der Waals surface area contributed by atoms with Crippen molar-refractivity contribution >= 4 is 22.4 Å². The highest BCUT2D eigenvalue weighted by Crippen LogP contribution is 2.35. The summed E-state index contributed by atoms with van der Waals surface area (Å²) in [6.07, 6.45) is 21.1. The molecule has 0 bridgehead atoms. The smallest absolute Gasteiger partial charge is 0.112 e. The molecule has 10 aromatic rings. The second kappa shape index (κ2) is 41.4. The first kappa shape index (κ1) is 95.6.